The van der Waals surface area contributed by atoms with Crippen LogP contribution in [0.25, 0.3) is 0 Å². The summed E-state index contributed by atoms with van der Waals surface area (Å²) >= 11 is 1.11. The molecule has 98 valence electrons. The van der Waals surface area contributed by atoms with Gasteiger partial charge in [-0.2, -0.15) is 0 Å². The summed E-state index contributed by atoms with van der Waals surface area (Å²) in [6, 6.07) is 6.51. The lowest BCUT2D eigenvalue weighted by molar-refractivity contribution is -0.142. The molecule has 0 fully saturated rings. The molecule has 1 aromatic carbocycles. The number of rotatable bonds is 4. The lowest BCUT2D eigenvalue weighted by atomic mass is 10.1. The molecule has 1 rings (SSSR count). The van der Waals surface area contributed by atoms with Gasteiger partial charge in [-0.1, -0.05) is 23.9 Å². The molecule has 3 N–H and O–H groups in total. The van der Waals surface area contributed by atoms with Crippen molar-refractivity contribution in [2.45, 2.75) is 12.5 Å². The molecule has 0 saturated carbocycles. The lowest BCUT2D eigenvalue weighted by Gasteiger charge is -2.09. The number of thioether (sulfide) groups is 1. The smallest absolute Gasteiger partial charge is 0.322 e. The maximum absolute atomic E-state index is 11.2. The molecule has 5 nitrogen and oxygen atoms in total. The van der Waals surface area contributed by atoms with Crippen LogP contribution in [0.2, 0.25) is 0 Å². The van der Waals surface area contributed by atoms with Crippen molar-refractivity contribution >= 4 is 28.7 Å². The van der Waals surface area contributed by atoms with E-state index in [1.807, 2.05) is 12.1 Å². The second kappa shape index (κ2) is 7.03. The van der Waals surface area contributed by atoms with E-state index in [0.717, 1.165) is 17.3 Å². The van der Waals surface area contributed by atoms with Gasteiger partial charge in [0.15, 0.2) is 0 Å². The van der Waals surface area contributed by atoms with Gasteiger partial charge in [0.05, 0.1) is 7.11 Å². The van der Waals surface area contributed by atoms with E-state index in [1.165, 1.54) is 7.11 Å². The van der Waals surface area contributed by atoms with E-state index in [-0.39, 0.29) is 5.24 Å². The van der Waals surface area contributed by atoms with Crippen molar-refractivity contribution in [1.29, 1.82) is 0 Å². The number of nitrogens with one attached hydrogen (secondary N) is 1. The number of carbonyl (C=O) groups is 2. The second-order valence-electron chi connectivity index (χ2n) is 3.65. The summed E-state index contributed by atoms with van der Waals surface area (Å²) < 4.78 is 4.55. The summed E-state index contributed by atoms with van der Waals surface area (Å²) in [5, 5.41) is 2.59. The molecule has 0 unspecified atom stereocenters. The van der Waals surface area contributed by atoms with Crippen LogP contribution in [0, 0.1) is 0 Å². The first-order valence-electron chi connectivity index (χ1n) is 5.34. The van der Waals surface area contributed by atoms with E-state index in [4.69, 9.17) is 5.73 Å². The number of benzene rings is 1. The largest absolute Gasteiger partial charge is 0.468 e. The van der Waals surface area contributed by atoms with E-state index in [1.54, 1.807) is 18.4 Å². The molecule has 1 aromatic rings. The number of ether oxygens (including phenoxy) is 1. The third kappa shape index (κ3) is 4.38. The molecule has 18 heavy (non-hydrogen) atoms. The number of carbonyl (C=O) groups excluding carboxylic acids is 2. The van der Waals surface area contributed by atoms with Crippen LogP contribution in [0.1, 0.15) is 5.56 Å². The van der Waals surface area contributed by atoms with Gasteiger partial charge in [-0.05, 0) is 30.4 Å². The minimum atomic E-state index is -0.665. The highest BCUT2D eigenvalue weighted by atomic mass is 32.2. The Hall–Kier alpha value is -1.53. The molecule has 0 aliphatic heterocycles. The Labute approximate surface area is 110 Å². The standard InChI is InChI=1S/C12H16N2O3S/c1-17-11(15)10(13)7-8-3-5-9(6-4-8)14-12(16)18-2/h3-6,10H,7,13H2,1-2H3,(H,14,16)/t10-/m0/s1. The molecule has 0 aliphatic rings. The molecule has 0 heterocycles. The van der Waals surface area contributed by atoms with Crippen molar-refractivity contribution < 1.29 is 14.3 Å². The zero-order chi connectivity index (χ0) is 13.5. The molecule has 1 atom stereocenters. The Morgan fingerprint density at radius 3 is 2.50 bits per heavy atom. The summed E-state index contributed by atoms with van der Waals surface area (Å²) in [5.74, 6) is -0.435. The third-order valence-electron chi connectivity index (χ3n) is 2.35. The predicted octanol–water partition coefficient (Wildman–Crippen LogP) is 1.62. The van der Waals surface area contributed by atoms with Gasteiger partial charge in [0.25, 0.3) is 5.24 Å². The number of anilines is 1. The van der Waals surface area contributed by atoms with Gasteiger partial charge in [-0.3, -0.25) is 9.59 Å². The van der Waals surface area contributed by atoms with E-state index in [2.05, 4.69) is 10.1 Å². The summed E-state index contributed by atoms with van der Waals surface area (Å²) in [4.78, 5) is 22.3. The van der Waals surface area contributed by atoms with Crippen molar-refractivity contribution in [2.24, 2.45) is 5.73 Å². The Bertz CT molecular complexity index is 420. The van der Waals surface area contributed by atoms with Gasteiger partial charge in [0.2, 0.25) is 0 Å². The van der Waals surface area contributed by atoms with Gasteiger partial charge in [0, 0.05) is 5.69 Å². The van der Waals surface area contributed by atoms with Crippen LogP contribution >= 0.6 is 11.8 Å². The Kier molecular flexibility index (Phi) is 5.67. The van der Waals surface area contributed by atoms with Crippen LogP contribution < -0.4 is 11.1 Å². The minimum Gasteiger partial charge on any atom is -0.468 e. The highest BCUT2D eigenvalue weighted by Gasteiger charge is 2.13. The molecular formula is C12H16N2O3S. The zero-order valence-corrected chi connectivity index (χ0v) is 11.1. The van der Waals surface area contributed by atoms with Crippen molar-refractivity contribution in [1.82, 2.24) is 0 Å². The van der Waals surface area contributed by atoms with E-state index in [0.29, 0.717) is 12.1 Å². The topological polar surface area (TPSA) is 81.4 Å². The first-order valence-corrected chi connectivity index (χ1v) is 6.56. The number of hydrogen-bond donors (Lipinski definition) is 2. The number of methoxy groups -OCH3 is 1. The Morgan fingerprint density at radius 2 is 2.00 bits per heavy atom. The number of esters is 1. The van der Waals surface area contributed by atoms with Crippen molar-refractivity contribution in [2.75, 3.05) is 18.7 Å². The average molecular weight is 268 g/mol. The number of nitrogens with two attached hydrogens (primary N) is 1. The van der Waals surface area contributed by atoms with E-state index in [9.17, 15) is 9.59 Å². The van der Waals surface area contributed by atoms with Crippen molar-refractivity contribution in [3.63, 3.8) is 0 Å². The quantitative estimate of drug-likeness (QED) is 0.811. The Balaban J connectivity index is 2.60. The lowest BCUT2D eigenvalue weighted by Crippen LogP contribution is -2.33. The van der Waals surface area contributed by atoms with E-state index < -0.39 is 12.0 Å². The van der Waals surface area contributed by atoms with Crippen LogP contribution in [-0.4, -0.2) is 30.6 Å². The molecule has 1 amide bonds. The predicted molar refractivity (Wildman–Crippen MR) is 72.7 cm³/mol. The Morgan fingerprint density at radius 1 is 1.39 bits per heavy atom. The molecule has 0 radical (unpaired) electrons. The second-order valence-corrected chi connectivity index (χ2v) is 4.43. The minimum absolute atomic E-state index is 0.117. The van der Waals surface area contributed by atoms with Gasteiger partial charge in [-0.15, -0.1) is 0 Å². The summed E-state index contributed by atoms with van der Waals surface area (Å²) in [6.45, 7) is 0. The summed E-state index contributed by atoms with van der Waals surface area (Å²) in [6.07, 6.45) is 2.11. The zero-order valence-electron chi connectivity index (χ0n) is 10.3. The summed E-state index contributed by atoms with van der Waals surface area (Å²) in [5.41, 5.74) is 7.28. The molecule has 6 heteroatoms. The van der Waals surface area contributed by atoms with Gasteiger partial charge in [0.1, 0.15) is 6.04 Å². The number of hydrogen-bond acceptors (Lipinski definition) is 5. The van der Waals surface area contributed by atoms with Crippen LogP contribution in [0.3, 0.4) is 0 Å². The van der Waals surface area contributed by atoms with Gasteiger partial charge >= 0.3 is 5.97 Å². The SMILES string of the molecule is COC(=O)[C@@H](N)Cc1ccc(NC(=O)SC)cc1. The average Bonchev–Trinajstić information content (AvgIpc) is 2.39. The van der Waals surface area contributed by atoms with Crippen LogP contribution in [0.5, 0.6) is 0 Å². The highest BCUT2D eigenvalue weighted by molar-refractivity contribution is 8.13. The maximum Gasteiger partial charge on any atom is 0.322 e. The normalized spacial score (nSPS) is 11.7. The first kappa shape index (κ1) is 14.5. The van der Waals surface area contributed by atoms with Crippen LogP contribution in [0.15, 0.2) is 24.3 Å². The maximum atomic E-state index is 11.2. The molecule has 0 spiro atoms. The first-order chi connectivity index (χ1) is 8.56. The highest BCUT2D eigenvalue weighted by Crippen LogP contribution is 2.13. The van der Waals surface area contributed by atoms with Gasteiger partial charge in [-0.25, -0.2) is 0 Å². The molecule has 0 aliphatic carbocycles. The fourth-order valence-electron chi connectivity index (χ4n) is 1.38. The van der Waals surface area contributed by atoms with Gasteiger partial charge < -0.3 is 15.8 Å². The van der Waals surface area contributed by atoms with Crippen LogP contribution in [-0.2, 0) is 16.0 Å². The summed E-state index contributed by atoms with van der Waals surface area (Å²) in [7, 11) is 1.31. The fraction of sp³-hybridized carbons (Fsp3) is 0.333. The molecular weight excluding hydrogens is 252 g/mol. The fourth-order valence-corrected chi connectivity index (χ4v) is 1.60. The molecule has 0 bridgehead atoms. The third-order valence-corrected chi connectivity index (χ3v) is 2.82. The van der Waals surface area contributed by atoms with Crippen molar-refractivity contribution in [3.8, 4) is 0 Å². The number of amides is 1. The molecule has 0 saturated heterocycles. The van der Waals surface area contributed by atoms with Crippen molar-refractivity contribution in [3.05, 3.63) is 29.8 Å². The monoisotopic (exact) mass is 268 g/mol. The van der Waals surface area contributed by atoms with Crippen LogP contribution in [0.4, 0.5) is 10.5 Å². The molecule has 0 aromatic heterocycles. The van der Waals surface area contributed by atoms with E-state index >= 15 is 0 Å².